The first kappa shape index (κ1) is 6.76. The van der Waals surface area contributed by atoms with E-state index in [2.05, 4.69) is 43.3 Å². The molecule has 2 rings (SSSR count). The molecular weight excluding hydrogens is 239 g/mol. The van der Waals surface area contributed by atoms with E-state index in [-0.39, 0.29) is 0 Å². The van der Waals surface area contributed by atoms with Crippen LogP contribution in [0.2, 0.25) is 0 Å². The smallest absolute Gasteiger partial charge is 0.0990 e. The van der Waals surface area contributed by atoms with Gasteiger partial charge in [0.1, 0.15) is 0 Å². The summed E-state index contributed by atoms with van der Waals surface area (Å²) in [5.41, 5.74) is 0. The van der Waals surface area contributed by atoms with Crippen molar-refractivity contribution in [3.8, 4) is 0 Å². The first-order chi connectivity index (χ1) is 4.86. The van der Waals surface area contributed by atoms with Crippen LogP contribution in [0.1, 0.15) is 19.3 Å². The van der Waals surface area contributed by atoms with Gasteiger partial charge in [0.2, 0.25) is 0 Å². The van der Waals surface area contributed by atoms with Gasteiger partial charge in [0.15, 0.2) is 0 Å². The Morgan fingerprint density at radius 3 is 2.50 bits per heavy atom. The van der Waals surface area contributed by atoms with E-state index in [0.717, 1.165) is 12.7 Å². The molecular formula is C7H11IN2. The lowest BCUT2D eigenvalue weighted by Crippen LogP contribution is -2.36. The van der Waals surface area contributed by atoms with E-state index in [1.807, 2.05) is 0 Å². The summed E-state index contributed by atoms with van der Waals surface area (Å²) in [7, 11) is 0. The maximum atomic E-state index is 2.43. The third-order valence-electron chi connectivity index (χ3n) is 2.26. The van der Waals surface area contributed by atoms with Gasteiger partial charge in [-0.2, -0.15) is 0 Å². The third kappa shape index (κ3) is 1.11. The molecule has 0 aromatic carbocycles. The molecule has 2 aliphatic rings. The van der Waals surface area contributed by atoms with Gasteiger partial charge >= 0.3 is 0 Å². The van der Waals surface area contributed by atoms with Gasteiger partial charge in [0, 0.05) is 18.4 Å². The highest BCUT2D eigenvalue weighted by atomic mass is 127. The van der Waals surface area contributed by atoms with Crippen LogP contribution in [0.4, 0.5) is 0 Å². The van der Waals surface area contributed by atoms with Crippen LogP contribution in [0.5, 0.6) is 0 Å². The molecule has 1 saturated carbocycles. The zero-order chi connectivity index (χ0) is 6.97. The fourth-order valence-electron chi connectivity index (χ4n) is 1.36. The summed E-state index contributed by atoms with van der Waals surface area (Å²) in [6.07, 6.45) is 8.56. The van der Waals surface area contributed by atoms with E-state index in [1.54, 1.807) is 0 Å². The molecule has 0 spiro atoms. The SMILES string of the molecule is IN1C=CN(C2CCC2)C1. The molecule has 56 valence electrons. The average molecular weight is 250 g/mol. The lowest BCUT2D eigenvalue weighted by Gasteiger charge is -2.34. The van der Waals surface area contributed by atoms with E-state index in [1.165, 1.54) is 19.3 Å². The first-order valence-corrected chi connectivity index (χ1v) is 4.69. The van der Waals surface area contributed by atoms with Crippen molar-refractivity contribution < 1.29 is 0 Å². The predicted molar refractivity (Wildman–Crippen MR) is 49.3 cm³/mol. The summed E-state index contributed by atoms with van der Waals surface area (Å²) < 4.78 is 2.19. The van der Waals surface area contributed by atoms with E-state index < -0.39 is 0 Å². The van der Waals surface area contributed by atoms with Gasteiger partial charge in [-0.25, -0.2) is 0 Å². The van der Waals surface area contributed by atoms with Crippen molar-refractivity contribution in [3.63, 3.8) is 0 Å². The number of nitrogens with zero attached hydrogens (tertiary/aromatic N) is 2. The van der Waals surface area contributed by atoms with Crippen molar-refractivity contribution in [1.29, 1.82) is 0 Å². The van der Waals surface area contributed by atoms with Crippen molar-refractivity contribution in [3.05, 3.63) is 12.4 Å². The Kier molecular flexibility index (Phi) is 1.76. The molecule has 0 unspecified atom stereocenters. The second-order valence-electron chi connectivity index (χ2n) is 2.94. The summed E-state index contributed by atoms with van der Waals surface area (Å²) in [4.78, 5) is 2.43. The molecule has 1 heterocycles. The Labute approximate surface area is 75.4 Å². The van der Waals surface area contributed by atoms with Crippen LogP contribution < -0.4 is 0 Å². The van der Waals surface area contributed by atoms with Crippen molar-refractivity contribution in [2.75, 3.05) is 6.67 Å². The Hall–Kier alpha value is 0.0700. The molecule has 1 aliphatic carbocycles. The molecule has 1 fully saturated rings. The van der Waals surface area contributed by atoms with Gasteiger partial charge in [0.25, 0.3) is 0 Å². The number of hydrogen-bond donors (Lipinski definition) is 0. The molecule has 0 aromatic heterocycles. The van der Waals surface area contributed by atoms with Crippen LogP contribution in [0.15, 0.2) is 12.4 Å². The lowest BCUT2D eigenvalue weighted by atomic mass is 9.92. The van der Waals surface area contributed by atoms with Gasteiger partial charge in [0.05, 0.1) is 29.5 Å². The van der Waals surface area contributed by atoms with Crippen LogP contribution in [0.3, 0.4) is 0 Å². The summed E-state index contributed by atoms with van der Waals surface area (Å²) in [6.45, 7) is 1.09. The zero-order valence-electron chi connectivity index (χ0n) is 5.83. The van der Waals surface area contributed by atoms with Gasteiger partial charge in [-0.3, -0.25) is 0 Å². The highest BCUT2D eigenvalue weighted by Gasteiger charge is 2.25. The molecule has 0 radical (unpaired) electrons. The summed E-state index contributed by atoms with van der Waals surface area (Å²) in [6, 6.07) is 0.857. The molecule has 3 heteroatoms. The van der Waals surface area contributed by atoms with Gasteiger partial charge in [-0.1, -0.05) is 0 Å². The van der Waals surface area contributed by atoms with E-state index >= 15 is 0 Å². The van der Waals surface area contributed by atoms with E-state index in [4.69, 9.17) is 0 Å². The van der Waals surface area contributed by atoms with Gasteiger partial charge in [-0.15, -0.1) is 0 Å². The third-order valence-corrected chi connectivity index (χ3v) is 2.89. The largest absolute Gasteiger partial charge is 0.355 e. The van der Waals surface area contributed by atoms with Crippen LogP contribution in [-0.4, -0.2) is 20.7 Å². The maximum Gasteiger partial charge on any atom is 0.0990 e. The zero-order valence-corrected chi connectivity index (χ0v) is 7.99. The second kappa shape index (κ2) is 2.60. The first-order valence-electron chi connectivity index (χ1n) is 3.73. The standard InChI is InChI=1S/C7H11IN2/c8-10-5-4-9(6-10)7-2-1-3-7/h4-5,7H,1-3,6H2. The van der Waals surface area contributed by atoms with Crippen molar-refractivity contribution in [1.82, 2.24) is 8.01 Å². The highest BCUT2D eigenvalue weighted by Crippen LogP contribution is 2.27. The summed E-state index contributed by atoms with van der Waals surface area (Å²) >= 11 is 2.33. The fraction of sp³-hybridized carbons (Fsp3) is 0.714. The van der Waals surface area contributed by atoms with Crippen LogP contribution in [0.25, 0.3) is 0 Å². The molecule has 10 heavy (non-hydrogen) atoms. The minimum Gasteiger partial charge on any atom is -0.355 e. The normalized spacial score (nSPS) is 25.7. The number of halogens is 1. The van der Waals surface area contributed by atoms with E-state index in [0.29, 0.717) is 0 Å². The average Bonchev–Trinajstić information content (AvgIpc) is 2.10. The summed E-state index contributed by atoms with van der Waals surface area (Å²) in [5.74, 6) is 0. The monoisotopic (exact) mass is 250 g/mol. The molecule has 0 aromatic rings. The number of hydrogen-bond acceptors (Lipinski definition) is 2. The quantitative estimate of drug-likeness (QED) is 0.518. The highest BCUT2D eigenvalue weighted by molar-refractivity contribution is 14.1. The Bertz CT molecular complexity index is 154. The fourth-order valence-corrected chi connectivity index (χ4v) is 1.86. The second-order valence-corrected chi connectivity index (χ2v) is 4.18. The van der Waals surface area contributed by atoms with Gasteiger partial charge < -0.3 is 8.01 Å². The van der Waals surface area contributed by atoms with Gasteiger partial charge in [-0.05, 0) is 19.3 Å². The van der Waals surface area contributed by atoms with Crippen LogP contribution >= 0.6 is 22.9 Å². The minimum atomic E-state index is 0.857. The maximum absolute atomic E-state index is 2.43. The Balaban J connectivity index is 1.89. The molecule has 0 saturated heterocycles. The Morgan fingerprint density at radius 2 is 2.10 bits per heavy atom. The lowest BCUT2D eigenvalue weighted by molar-refractivity contribution is 0.179. The molecule has 1 aliphatic heterocycles. The summed E-state index contributed by atoms with van der Waals surface area (Å²) in [5, 5.41) is 0. The van der Waals surface area contributed by atoms with Crippen LogP contribution in [0, 0.1) is 0 Å². The van der Waals surface area contributed by atoms with E-state index in [9.17, 15) is 0 Å². The Morgan fingerprint density at radius 1 is 1.30 bits per heavy atom. The number of rotatable bonds is 1. The predicted octanol–water partition coefficient (Wildman–Crippen LogP) is 1.94. The van der Waals surface area contributed by atoms with Crippen LogP contribution in [-0.2, 0) is 0 Å². The van der Waals surface area contributed by atoms with Crippen molar-refractivity contribution in [2.45, 2.75) is 25.3 Å². The topological polar surface area (TPSA) is 6.48 Å². The molecule has 0 amide bonds. The molecule has 0 N–H and O–H groups in total. The van der Waals surface area contributed by atoms with Crippen molar-refractivity contribution in [2.24, 2.45) is 0 Å². The molecule has 0 atom stereocenters. The van der Waals surface area contributed by atoms with Crippen molar-refractivity contribution >= 4 is 22.9 Å². The molecule has 2 nitrogen and oxygen atoms in total. The minimum absolute atomic E-state index is 0.857. The molecule has 0 bridgehead atoms.